The van der Waals surface area contributed by atoms with Crippen LogP contribution >= 0.6 is 0 Å². The molecule has 1 heterocycles. The van der Waals surface area contributed by atoms with Crippen molar-refractivity contribution in [3.05, 3.63) is 41.2 Å². The first kappa shape index (κ1) is 13.4. The van der Waals surface area contributed by atoms with Crippen molar-refractivity contribution < 1.29 is 0 Å². The highest BCUT2D eigenvalue weighted by Gasteiger charge is 2.21. The molecule has 1 aromatic heterocycles. The lowest BCUT2D eigenvalue weighted by Gasteiger charge is -2.11. The zero-order valence-corrected chi connectivity index (χ0v) is 12.6. The van der Waals surface area contributed by atoms with E-state index in [1.807, 2.05) is 13.2 Å². The van der Waals surface area contributed by atoms with Gasteiger partial charge < -0.3 is 5.32 Å². The number of aryl methyl sites for hydroxylation is 2. The van der Waals surface area contributed by atoms with Crippen LogP contribution in [0.2, 0.25) is 0 Å². The molecule has 1 aliphatic rings. The molecule has 0 aliphatic heterocycles. The molecular formula is C17H23N3. The Labute approximate surface area is 121 Å². The Kier molecular flexibility index (Phi) is 3.62. The van der Waals surface area contributed by atoms with Crippen molar-refractivity contribution in [2.24, 2.45) is 0 Å². The fourth-order valence-electron chi connectivity index (χ4n) is 3.25. The van der Waals surface area contributed by atoms with E-state index in [9.17, 15) is 0 Å². The summed E-state index contributed by atoms with van der Waals surface area (Å²) in [5.74, 6) is 0. The van der Waals surface area contributed by atoms with Crippen LogP contribution in [-0.4, -0.2) is 16.8 Å². The van der Waals surface area contributed by atoms with E-state index in [1.54, 1.807) is 0 Å². The summed E-state index contributed by atoms with van der Waals surface area (Å²) in [5.41, 5.74) is 6.81. The van der Waals surface area contributed by atoms with Gasteiger partial charge in [-0.1, -0.05) is 25.1 Å². The molecule has 1 aromatic carbocycles. The number of hydrogen-bond donors (Lipinski definition) is 1. The van der Waals surface area contributed by atoms with Crippen LogP contribution < -0.4 is 5.32 Å². The number of rotatable bonds is 4. The molecule has 0 saturated heterocycles. The molecule has 0 saturated carbocycles. The number of nitrogens with zero attached hydrogens (tertiary/aromatic N) is 2. The Bertz CT molecular complexity index is 613. The van der Waals surface area contributed by atoms with E-state index in [-0.39, 0.29) is 0 Å². The van der Waals surface area contributed by atoms with E-state index in [2.05, 4.69) is 47.1 Å². The second kappa shape index (κ2) is 5.41. The van der Waals surface area contributed by atoms with Crippen molar-refractivity contribution in [2.75, 3.05) is 7.05 Å². The molecule has 0 spiro atoms. The summed E-state index contributed by atoms with van der Waals surface area (Å²) in [4.78, 5) is 0. The Balaban J connectivity index is 1.96. The first-order valence-corrected chi connectivity index (χ1v) is 7.57. The zero-order valence-electron chi connectivity index (χ0n) is 12.6. The number of benzene rings is 1. The van der Waals surface area contributed by atoms with Crippen LogP contribution in [0.15, 0.2) is 24.4 Å². The second-order valence-corrected chi connectivity index (χ2v) is 5.66. The molecule has 106 valence electrons. The summed E-state index contributed by atoms with van der Waals surface area (Å²) >= 11 is 0. The fourth-order valence-corrected chi connectivity index (χ4v) is 3.25. The Morgan fingerprint density at radius 2 is 2.25 bits per heavy atom. The van der Waals surface area contributed by atoms with Gasteiger partial charge in [0.15, 0.2) is 0 Å². The lowest BCUT2D eigenvalue weighted by Crippen LogP contribution is -2.12. The van der Waals surface area contributed by atoms with Crippen molar-refractivity contribution in [2.45, 2.75) is 45.7 Å². The minimum Gasteiger partial charge on any atom is -0.313 e. The van der Waals surface area contributed by atoms with Gasteiger partial charge in [0.2, 0.25) is 0 Å². The Hall–Kier alpha value is -1.61. The van der Waals surface area contributed by atoms with Gasteiger partial charge in [-0.25, -0.2) is 0 Å². The third kappa shape index (κ3) is 2.16. The van der Waals surface area contributed by atoms with Crippen molar-refractivity contribution in [1.82, 2.24) is 15.1 Å². The SMILES string of the molecule is CCCn1ncc(-c2ccc3c(c2)CCC3NC)c1C. The van der Waals surface area contributed by atoms with E-state index in [0.717, 1.165) is 13.0 Å². The van der Waals surface area contributed by atoms with Gasteiger partial charge in [-0.05, 0) is 49.9 Å². The summed E-state index contributed by atoms with van der Waals surface area (Å²) in [6.07, 6.45) is 5.52. The number of fused-ring (bicyclic) bond motifs is 1. The molecular weight excluding hydrogens is 246 g/mol. The number of aromatic nitrogens is 2. The average Bonchev–Trinajstić information content (AvgIpc) is 3.03. The predicted molar refractivity (Wildman–Crippen MR) is 82.8 cm³/mol. The molecule has 0 amide bonds. The summed E-state index contributed by atoms with van der Waals surface area (Å²) in [6, 6.07) is 7.42. The van der Waals surface area contributed by atoms with E-state index in [0.29, 0.717) is 6.04 Å². The van der Waals surface area contributed by atoms with E-state index in [1.165, 1.54) is 40.8 Å². The monoisotopic (exact) mass is 269 g/mol. The van der Waals surface area contributed by atoms with Gasteiger partial charge in [0.25, 0.3) is 0 Å². The maximum atomic E-state index is 4.51. The highest BCUT2D eigenvalue weighted by molar-refractivity contribution is 5.67. The maximum Gasteiger partial charge on any atom is 0.0571 e. The standard InChI is InChI=1S/C17H23N3/c1-4-9-20-12(2)16(11-19-20)14-5-7-15-13(10-14)6-8-17(15)18-3/h5,7,10-11,17-18H,4,6,8-9H2,1-3H3. The maximum absolute atomic E-state index is 4.51. The molecule has 20 heavy (non-hydrogen) atoms. The molecule has 1 unspecified atom stereocenters. The van der Waals surface area contributed by atoms with Crippen molar-refractivity contribution in [3.8, 4) is 11.1 Å². The van der Waals surface area contributed by atoms with Crippen molar-refractivity contribution in [3.63, 3.8) is 0 Å². The van der Waals surface area contributed by atoms with Crippen molar-refractivity contribution >= 4 is 0 Å². The minimum absolute atomic E-state index is 0.531. The summed E-state index contributed by atoms with van der Waals surface area (Å²) in [5, 5.41) is 7.91. The molecule has 3 rings (SSSR count). The molecule has 2 aromatic rings. The lowest BCUT2D eigenvalue weighted by atomic mass is 10.0. The van der Waals surface area contributed by atoms with Gasteiger partial charge in [-0.2, -0.15) is 5.10 Å². The van der Waals surface area contributed by atoms with Crippen LogP contribution in [0.3, 0.4) is 0 Å². The molecule has 0 radical (unpaired) electrons. The van der Waals surface area contributed by atoms with Crippen LogP contribution in [0.25, 0.3) is 11.1 Å². The molecule has 1 atom stereocenters. The molecule has 1 aliphatic carbocycles. The normalized spacial score (nSPS) is 17.4. The van der Waals surface area contributed by atoms with Crippen LogP contribution in [0, 0.1) is 6.92 Å². The largest absolute Gasteiger partial charge is 0.313 e. The number of nitrogens with one attached hydrogen (secondary N) is 1. The molecule has 3 heteroatoms. The Morgan fingerprint density at radius 3 is 3.00 bits per heavy atom. The van der Waals surface area contributed by atoms with Gasteiger partial charge in [-0.3, -0.25) is 4.68 Å². The van der Waals surface area contributed by atoms with Crippen molar-refractivity contribution in [1.29, 1.82) is 0 Å². The van der Waals surface area contributed by atoms with E-state index in [4.69, 9.17) is 0 Å². The summed E-state index contributed by atoms with van der Waals surface area (Å²) < 4.78 is 2.11. The van der Waals surface area contributed by atoms with Gasteiger partial charge in [0.05, 0.1) is 6.20 Å². The first-order valence-electron chi connectivity index (χ1n) is 7.57. The van der Waals surface area contributed by atoms with Crippen LogP contribution in [-0.2, 0) is 13.0 Å². The topological polar surface area (TPSA) is 29.9 Å². The second-order valence-electron chi connectivity index (χ2n) is 5.66. The molecule has 1 N–H and O–H groups in total. The van der Waals surface area contributed by atoms with Gasteiger partial charge in [0, 0.05) is 23.8 Å². The summed E-state index contributed by atoms with van der Waals surface area (Å²) in [7, 11) is 2.05. The zero-order chi connectivity index (χ0) is 14.1. The first-order chi connectivity index (χ1) is 9.74. The third-order valence-corrected chi connectivity index (χ3v) is 4.42. The van der Waals surface area contributed by atoms with E-state index >= 15 is 0 Å². The lowest BCUT2D eigenvalue weighted by molar-refractivity contribution is 0.587. The van der Waals surface area contributed by atoms with Crippen LogP contribution in [0.5, 0.6) is 0 Å². The molecule has 0 bridgehead atoms. The minimum atomic E-state index is 0.531. The van der Waals surface area contributed by atoms with Crippen LogP contribution in [0.4, 0.5) is 0 Å². The van der Waals surface area contributed by atoms with E-state index < -0.39 is 0 Å². The van der Waals surface area contributed by atoms with Gasteiger partial charge in [0.1, 0.15) is 0 Å². The molecule has 0 fully saturated rings. The Morgan fingerprint density at radius 1 is 1.40 bits per heavy atom. The average molecular weight is 269 g/mol. The predicted octanol–water partition coefficient (Wildman–Crippen LogP) is 3.48. The number of hydrogen-bond acceptors (Lipinski definition) is 2. The summed E-state index contributed by atoms with van der Waals surface area (Å²) in [6.45, 7) is 5.36. The highest BCUT2D eigenvalue weighted by atomic mass is 15.3. The quantitative estimate of drug-likeness (QED) is 0.921. The smallest absolute Gasteiger partial charge is 0.0571 e. The van der Waals surface area contributed by atoms with Crippen LogP contribution in [0.1, 0.15) is 42.6 Å². The fraction of sp³-hybridized carbons (Fsp3) is 0.471. The highest BCUT2D eigenvalue weighted by Crippen LogP contribution is 2.34. The third-order valence-electron chi connectivity index (χ3n) is 4.42. The van der Waals surface area contributed by atoms with Gasteiger partial charge in [-0.15, -0.1) is 0 Å². The van der Waals surface area contributed by atoms with Gasteiger partial charge >= 0.3 is 0 Å². The molecule has 3 nitrogen and oxygen atoms in total.